The minimum absolute atomic E-state index is 0.130. The molecule has 4 saturated carbocycles. The number of sulfonamides is 1. The Morgan fingerprint density at radius 3 is 2.28 bits per heavy atom. The molecule has 4 bridgehead atoms. The molecule has 7 heteroatoms. The average Bonchev–Trinajstić information content (AvgIpc) is 2.65. The van der Waals surface area contributed by atoms with Gasteiger partial charge in [0.05, 0.1) is 10.9 Å². The first-order chi connectivity index (χ1) is 13.7. The van der Waals surface area contributed by atoms with Gasteiger partial charge in [-0.1, -0.05) is 6.07 Å². The molecule has 0 unspecified atom stereocenters. The van der Waals surface area contributed by atoms with Crippen LogP contribution in [0, 0.1) is 23.2 Å². The molecule has 0 spiro atoms. The van der Waals surface area contributed by atoms with Crippen LogP contribution in [0.4, 0.5) is 5.69 Å². The Morgan fingerprint density at radius 2 is 1.72 bits per heavy atom. The van der Waals surface area contributed by atoms with Crippen molar-refractivity contribution in [3.63, 3.8) is 0 Å². The Bertz CT molecular complexity index is 846. The van der Waals surface area contributed by atoms with Crippen LogP contribution in [0.25, 0.3) is 0 Å². The quantitative estimate of drug-likeness (QED) is 0.712. The first kappa shape index (κ1) is 20.8. The maximum absolute atomic E-state index is 12.7. The van der Waals surface area contributed by atoms with E-state index in [1.54, 1.807) is 18.2 Å². The summed E-state index contributed by atoms with van der Waals surface area (Å²) in [5.41, 5.74) is 0.879. The Hall–Kier alpha value is -1.44. The second-order valence-corrected chi connectivity index (χ2v) is 12.0. The number of amides is 1. The molecule has 0 aliphatic heterocycles. The third kappa shape index (κ3) is 4.23. The van der Waals surface area contributed by atoms with Gasteiger partial charge in [0.1, 0.15) is 0 Å². The van der Waals surface area contributed by atoms with Crippen LogP contribution < -0.4 is 10.6 Å². The van der Waals surface area contributed by atoms with Gasteiger partial charge in [-0.25, -0.2) is 12.7 Å². The Balaban J connectivity index is 1.36. The third-order valence-electron chi connectivity index (χ3n) is 7.22. The van der Waals surface area contributed by atoms with Gasteiger partial charge in [-0.2, -0.15) is 0 Å². The number of nitrogens with zero attached hydrogens (tertiary/aromatic N) is 1. The van der Waals surface area contributed by atoms with E-state index in [-0.39, 0.29) is 16.8 Å². The monoisotopic (exact) mass is 419 g/mol. The summed E-state index contributed by atoms with van der Waals surface area (Å²) in [5.74, 6) is 2.56. The highest BCUT2D eigenvalue weighted by Crippen LogP contribution is 2.59. The summed E-state index contributed by atoms with van der Waals surface area (Å²) in [6.07, 6.45) is 8.19. The van der Waals surface area contributed by atoms with Crippen LogP contribution in [-0.2, 0) is 14.8 Å². The molecule has 5 rings (SSSR count). The lowest BCUT2D eigenvalue weighted by Gasteiger charge is -2.57. The van der Waals surface area contributed by atoms with Gasteiger partial charge in [-0.05, 0) is 86.8 Å². The summed E-state index contributed by atoms with van der Waals surface area (Å²) in [4.78, 5) is 12.9. The van der Waals surface area contributed by atoms with Crippen molar-refractivity contribution >= 4 is 21.6 Å². The van der Waals surface area contributed by atoms with Crippen molar-refractivity contribution in [3.05, 3.63) is 24.3 Å². The summed E-state index contributed by atoms with van der Waals surface area (Å²) in [6.45, 7) is 2.79. The first-order valence-electron chi connectivity index (χ1n) is 10.7. The maximum Gasteiger partial charge on any atom is 0.242 e. The Kier molecular flexibility index (Phi) is 5.51. The normalized spacial score (nSPS) is 31.8. The van der Waals surface area contributed by atoms with E-state index in [9.17, 15) is 13.2 Å². The largest absolute Gasteiger partial charge is 0.325 e. The van der Waals surface area contributed by atoms with Gasteiger partial charge < -0.3 is 10.6 Å². The lowest BCUT2D eigenvalue weighted by atomic mass is 9.49. The molecular weight excluding hydrogens is 386 g/mol. The minimum atomic E-state index is -3.53. The minimum Gasteiger partial charge on any atom is -0.325 e. The van der Waals surface area contributed by atoms with Crippen molar-refractivity contribution in [2.24, 2.45) is 23.2 Å². The Labute approximate surface area is 174 Å². The van der Waals surface area contributed by atoms with Gasteiger partial charge in [0.2, 0.25) is 15.9 Å². The summed E-state index contributed by atoms with van der Waals surface area (Å²) in [5, 5.41) is 6.35. The van der Waals surface area contributed by atoms with Crippen molar-refractivity contribution in [1.29, 1.82) is 0 Å². The zero-order chi connectivity index (χ0) is 20.8. The lowest BCUT2D eigenvalue weighted by molar-refractivity contribution is -0.118. The van der Waals surface area contributed by atoms with Gasteiger partial charge >= 0.3 is 0 Å². The highest BCUT2D eigenvalue weighted by atomic mass is 32.2. The highest BCUT2D eigenvalue weighted by Gasteiger charge is 2.50. The van der Waals surface area contributed by atoms with Crippen LogP contribution in [0.3, 0.4) is 0 Å². The molecule has 29 heavy (non-hydrogen) atoms. The van der Waals surface area contributed by atoms with E-state index in [1.165, 1.54) is 63.0 Å². The number of hydrogen-bond acceptors (Lipinski definition) is 4. The fraction of sp³-hybridized carbons (Fsp3) is 0.682. The predicted octanol–water partition coefficient (Wildman–Crippen LogP) is 3.07. The third-order valence-corrected chi connectivity index (χ3v) is 9.03. The van der Waals surface area contributed by atoms with E-state index >= 15 is 0 Å². The number of rotatable bonds is 7. The fourth-order valence-corrected chi connectivity index (χ4v) is 7.11. The molecule has 6 nitrogen and oxygen atoms in total. The lowest BCUT2D eigenvalue weighted by Crippen LogP contribution is -2.52. The molecule has 1 amide bonds. The number of carbonyl (C=O) groups is 1. The van der Waals surface area contributed by atoms with Crippen LogP contribution in [0.1, 0.15) is 45.4 Å². The van der Waals surface area contributed by atoms with Crippen molar-refractivity contribution in [1.82, 2.24) is 9.62 Å². The second kappa shape index (κ2) is 7.67. The van der Waals surface area contributed by atoms with Crippen molar-refractivity contribution in [2.75, 3.05) is 26.0 Å². The molecule has 0 heterocycles. The first-order valence-corrected chi connectivity index (χ1v) is 12.2. The molecule has 0 radical (unpaired) electrons. The number of anilines is 1. The van der Waals surface area contributed by atoms with Crippen LogP contribution in [-0.4, -0.2) is 45.3 Å². The molecule has 4 fully saturated rings. The number of nitrogens with one attached hydrogen (secondary N) is 2. The van der Waals surface area contributed by atoms with E-state index in [0.29, 0.717) is 11.1 Å². The van der Waals surface area contributed by atoms with Crippen molar-refractivity contribution < 1.29 is 13.2 Å². The summed E-state index contributed by atoms with van der Waals surface area (Å²) >= 11 is 0. The average molecular weight is 420 g/mol. The molecule has 1 atom stereocenters. The highest BCUT2D eigenvalue weighted by molar-refractivity contribution is 7.89. The predicted molar refractivity (Wildman–Crippen MR) is 114 cm³/mol. The van der Waals surface area contributed by atoms with E-state index in [2.05, 4.69) is 10.6 Å². The summed E-state index contributed by atoms with van der Waals surface area (Å²) in [6, 6.07) is 6.11. The maximum atomic E-state index is 12.7. The summed E-state index contributed by atoms with van der Waals surface area (Å²) < 4.78 is 25.8. The summed E-state index contributed by atoms with van der Waals surface area (Å²) in [7, 11) is -0.531. The molecule has 1 aromatic rings. The van der Waals surface area contributed by atoms with E-state index in [1.807, 2.05) is 6.92 Å². The van der Waals surface area contributed by atoms with E-state index < -0.39 is 10.0 Å². The molecule has 2 N–H and O–H groups in total. The number of carbonyl (C=O) groups excluding carboxylic acids is 1. The topological polar surface area (TPSA) is 78.5 Å². The van der Waals surface area contributed by atoms with Gasteiger partial charge in [0.15, 0.2) is 0 Å². The van der Waals surface area contributed by atoms with E-state index in [0.717, 1.165) is 24.3 Å². The molecule has 1 aromatic carbocycles. The zero-order valence-corrected chi connectivity index (χ0v) is 18.5. The Morgan fingerprint density at radius 1 is 1.14 bits per heavy atom. The van der Waals surface area contributed by atoms with Gasteiger partial charge in [-0.3, -0.25) is 4.79 Å². The van der Waals surface area contributed by atoms with Crippen molar-refractivity contribution in [2.45, 2.75) is 56.4 Å². The number of benzene rings is 1. The van der Waals surface area contributed by atoms with Crippen LogP contribution in [0.2, 0.25) is 0 Å². The smallest absolute Gasteiger partial charge is 0.242 e. The van der Waals surface area contributed by atoms with Crippen LogP contribution in [0.15, 0.2) is 29.2 Å². The molecule has 0 saturated heterocycles. The van der Waals surface area contributed by atoms with Gasteiger partial charge in [0, 0.05) is 26.3 Å². The molecular formula is C22H33N3O3S. The second-order valence-electron chi connectivity index (χ2n) is 9.82. The van der Waals surface area contributed by atoms with E-state index in [4.69, 9.17) is 0 Å². The van der Waals surface area contributed by atoms with Crippen molar-refractivity contribution in [3.8, 4) is 0 Å². The van der Waals surface area contributed by atoms with Crippen LogP contribution >= 0.6 is 0 Å². The molecule has 4 aliphatic rings. The fourth-order valence-electron chi connectivity index (χ4n) is 6.16. The van der Waals surface area contributed by atoms with Crippen LogP contribution in [0.5, 0.6) is 0 Å². The SMILES string of the molecule is C[C@@H](NCC12CC3CC(CC(C3)C1)C2)C(=O)Nc1cccc(S(=O)(=O)N(C)C)c1. The molecule has 0 aromatic heterocycles. The molecule has 160 valence electrons. The van der Waals surface area contributed by atoms with Gasteiger partial charge in [0.25, 0.3) is 0 Å². The standard InChI is InChI=1S/C22H33N3O3S/c1-15(23-14-22-11-16-7-17(12-22)9-18(8-16)13-22)21(26)24-19-5-4-6-20(10-19)29(27,28)25(2)3/h4-6,10,15-18,23H,7-9,11-14H2,1-3H3,(H,24,26)/t15-,16?,17?,18?,22?/m1/s1. The van der Waals surface area contributed by atoms with Gasteiger partial charge in [-0.15, -0.1) is 0 Å². The number of hydrogen-bond donors (Lipinski definition) is 2. The molecule has 4 aliphatic carbocycles. The zero-order valence-electron chi connectivity index (χ0n) is 17.6.